The van der Waals surface area contributed by atoms with Crippen molar-refractivity contribution in [1.29, 1.82) is 0 Å². The van der Waals surface area contributed by atoms with E-state index in [1.807, 2.05) is 39.0 Å². The summed E-state index contributed by atoms with van der Waals surface area (Å²) < 4.78 is 7.47. The van der Waals surface area contributed by atoms with Crippen molar-refractivity contribution < 1.29 is 14.3 Å². The van der Waals surface area contributed by atoms with E-state index in [1.165, 1.54) is 0 Å². The molecular weight excluding hydrogens is 362 g/mol. The Morgan fingerprint density at radius 3 is 2.61 bits per heavy atom. The van der Waals surface area contributed by atoms with Crippen LogP contribution >= 0.6 is 15.9 Å². The standard InChI is InChI=1S/C16H18BrN3O3/c1-10-6-13(17)4-5-14(10)18-15(21)9-23-16(22)8-20-12(3)7-11(2)19-20/h4-7H,8-9H2,1-3H3,(H,18,21). The van der Waals surface area contributed by atoms with Gasteiger partial charge in [0.15, 0.2) is 6.61 Å². The quantitative estimate of drug-likeness (QED) is 0.810. The lowest BCUT2D eigenvalue weighted by atomic mass is 10.2. The van der Waals surface area contributed by atoms with Crippen LogP contribution in [0.4, 0.5) is 5.69 Å². The maximum Gasteiger partial charge on any atom is 0.328 e. The largest absolute Gasteiger partial charge is 0.454 e. The van der Waals surface area contributed by atoms with Gasteiger partial charge in [-0.25, -0.2) is 0 Å². The number of nitrogens with one attached hydrogen (secondary N) is 1. The molecule has 1 amide bonds. The van der Waals surface area contributed by atoms with Gasteiger partial charge in [-0.2, -0.15) is 5.10 Å². The van der Waals surface area contributed by atoms with Crippen molar-refractivity contribution in [3.63, 3.8) is 0 Å². The van der Waals surface area contributed by atoms with Gasteiger partial charge in [0.25, 0.3) is 5.91 Å². The monoisotopic (exact) mass is 379 g/mol. The number of amides is 1. The minimum atomic E-state index is -0.501. The first kappa shape index (κ1) is 17.2. The van der Waals surface area contributed by atoms with E-state index >= 15 is 0 Å². The van der Waals surface area contributed by atoms with Crippen molar-refractivity contribution >= 4 is 33.5 Å². The first-order chi connectivity index (χ1) is 10.8. The SMILES string of the molecule is Cc1cc(C)n(CC(=O)OCC(=O)Nc2ccc(Br)cc2C)n1. The van der Waals surface area contributed by atoms with E-state index < -0.39 is 5.97 Å². The van der Waals surface area contributed by atoms with E-state index in [2.05, 4.69) is 26.3 Å². The molecule has 0 saturated carbocycles. The third kappa shape index (κ3) is 4.92. The summed E-state index contributed by atoms with van der Waals surface area (Å²) in [5.41, 5.74) is 3.31. The number of rotatable bonds is 5. The number of hydrogen-bond donors (Lipinski definition) is 1. The Balaban J connectivity index is 1.84. The van der Waals surface area contributed by atoms with Crippen LogP contribution < -0.4 is 5.32 Å². The van der Waals surface area contributed by atoms with Crippen molar-refractivity contribution in [2.75, 3.05) is 11.9 Å². The molecule has 6 nitrogen and oxygen atoms in total. The number of ether oxygens (including phenoxy) is 1. The predicted octanol–water partition coefficient (Wildman–Crippen LogP) is 2.75. The van der Waals surface area contributed by atoms with Crippen LogP contribution in [0.3, 0.4) is 0 Å². The first-order valence-electron chi connectivity index (χ1n) is 7.08. The summed E-state index contributed by atoms with van der Waals surface area (Å²) in [6, 6.07) is 7.38. The number of esters is 1. The minimum absolute atomic E-state index is 0.00966. The molecule has 0 saturated heterocycles. The summed E-state index contributed by atoms with van der Waals surface area (Å²) in [7, 11) is 0. The zero-order chi connectivity index (χ0) is 17.0. The van der Waals surface area contributed by atoms with Gasteiger partial charge in [-0.3, -0.25) is 14.3 Å². The Bertz CT molecular complexity index is 740. The van der Waals surface area contributed by atoms with Crippen molar-refractivity contribution in [2.24, 2.45) is 0 Å². The molecule has 1 aromatic carbocycles. The number of carbonyl (C=O) groups excluding carboxylic acids is 2. The number of aryl methyl sites for hydroxylation is 3. The number of halogens is 1. The van der Waals surface area contributed by atoms with E-state index in [4.69, 9.17) is 4.74 Å². The number of benzene rings is 1. The van der Waals surface area contributed by atoms with Gasteiger partial charge in [-0.05, 0) is 50.6 Å². The molecular formula is C16H18BrN3O3. The molecule has 0 aliphatic carbocycles. The summed E-state index contributed by atoms with van der Waals surface area (Å²) in [6.45, 7) is 5.26. The first-order valence-corrected chi connectivity index (χ1v) is 7.87. The van der Waals surface area contributed by atoms with Crippen molar-refractivity contribution in [2.45, 2.75) is 27.3 Å². The van der Waals surface area contributed by atoms with Gasteiger partial charge in [-0.15, -0.1) is 0 Å². The lowest BCUT2D eigenvalue weighted by Gasteiger charge is -2.09. The molecule has 0 spiro atoms. The molecule has 0 aliphatic rings. The van der Waals surface area contributed by atoms with E-state index in [-0.39, 0.29) is 19.1 Å². The molecule has 0 radical (unpaired) electrons. The van der Waals surface area contributed by atoms with Gasteiger partial charge in [0.2, 0.25) is 0 Å². The smallest absolute Gasteiger partial charge is 0.328 e. The molecule has 7 heteroatoms. The van der Waals surface area contributed by atoms with Crippen molar-refractivity contribution in [3.05, 3.63) is 45.7 Å². The zero-order valence-corrected chi connectivity index (χ0v) is 14.8. The summed E-state index contributed by atoms with van der Waals surface area (Å²) in [5, 5.41) is 6.89. The normalized spacial score (nSPS) is 10.4. The third-order valence-electron chi connectivity index (χ3n) is 3.21. The number of carbonyl (C=O) groups is 2. The number of nitrogens with zero attached hydrogens (tertiary/aromatic N) is 2. The molecule has 23 heavy (non-hydrogen) atoms. The molecule has 0 unspecified atom stereocenters. The minimum Gasteiger partial charge on any atom is -0.454 e. The van der Waals surface area contributed by atoms with Crippen LogP contribution in [-0.4, -0.2) is 28.3 Å². The lowest BCUT2D eigenvalue weighted by Crippen LogP contribution is -2.23. The van der Waals surface area contributed by atoms with Gasteiger partial charge in [-0.1, -0.05) is 15.9 Å². The average molecular weight is 380 g/mol. The Hall–Kier alpha value is -2.15. The summed E-state index contributed by atoms with van der Waals surface area (Å²) >= 11 is 3.36. The van der Waals surface area contributed by atoms with Crippen LogP contribution in [0.15, 0.2) is 28.7 Å². The van der Waals surface area contributed by atoms with E-state index in [0.717, 1.165) is 21.4 Å². The van der Waals surface area contributed by atoms with Crippen LogP contribution in [0.1, 0.15) is 17.0 Å². The summed E-state index contributed by atoms with van der Waals surface area (Å²) in [4.78, 5) is 23.6. The van der Waals surface area contributed by atoms with Gasteiger partial charge < -0.3 is 10.1 Å². The Morgan fingerprint density at radius 1 is 1.26 bits per heavy atom. The molecule has 1 heterocycles. The number of hydrogen-bond acceptors (Lipinski definition) is 4. The molecule has 2 rings (SSSR count). The van der Waals surface area contributed by atoms with Gasteiger partial charge >= 0.3 is 5.97 Å². The molecule has 2 aromatic rings. The molecule has 1 aromatic heterocycles. The Kier molecular flexibility index (Phi) is 5.54. The maximum absolute atomic E-state index is 11.9. The molecule has 0 fully saturated rings. The fourth-order valence-corrected chi connectivity index (χ4v) is 2.58. The second kappa shape index (κ2) is 7.41. The van der Waals surface area contributed by atoms with Crippen LogP contribution in [-0.2, 0) is 20.9 Å². The zero-order valence-electron chi connectivity index (χ0n) is 13.2. The Labute approximate surface area is 143 Å². The van der Waals surface area contributed by atoms with Crippen LogP contribution in [0, 0.1) is 20.8 Å². The van der Waals surface area contributed by atoms with Crippen LogP contribution in [0.25, 0.3) is 0 Å². The molecule has 0 bridgehead atoms. The third-order valence-corrected chi connectivity index (χ3v) is 3.70. The summed E-state index contributed by atoms with van der Waals surface area (Å²) in [6.07, 6.45) is 0. The summed E-state index contributed by atoms with van der Waals surface area (Å²) in [5.74, 6) is -0.879. The highest BCUT2D eigenvalue weighted by Gasteiger charge is 2.11. The maximum atomic E-state index is 11.9. The fourth-order valence-electron chi connectivity index (χ4n) is 2.10. The molecule has 0 aliphatic heterocycles. The molecule has 0 atom stereocenters. The van der Waals surface area contributed by atoms with Gasteiger partial charge in [0, 0.05) is 15.9 Å². The van der Waals surface area contributed by atoms with Gasteiger partial charge in [0.1, 0.15) is 6.54 Å². The van der Waals surface area contributed by atoms with Crippen LogP contribution in [0.2, 0.25) is 0 Å². The van der Waals surface area contributed by atoms with E-state index in [0.29, 0.717) is 5.69 Å². The second-order valence-electron chi connectivity index (χ2n) is 5.25. The molecule has 1 N–H and O–H groups in total. The fraction of sp³-hybridized carbons (Fsp3) is 0.312. The van der Waals surface area contributed by atoms with Crippen molar-refractivity contribution in [3.8, 4) is 0 Å². The Morgan fingerprint density at radius 2 is 2.00 bits per heavy atom. The average Bonchev–Trinajstić information content (AvgIpc) is 2.78. The molecule has 122 valence electrons. The lowest BCUT2D eigenvalue weighted by molar-refractivity contribution is -0.148. The topological polar surface area (TPSA) is 73.2 Å². The van der Waals surface area contributed by atoms with E-state index in [9.17, 15) is 9.59 Å². The second-order valence-corrected chi connectivity index (χ2v) is 6.17. The van der Waals surface area contributed by atoms with Crippen LogP contribution in [0.5, 0.6) is 0 Å². The highest BCUT2D eigenvalue weighted by atomic mass is 79.9. The van der Waals surface area contributed by atoms with Gasteiger partial charge in [0.05, 0.1) is 5.69 Å². The van der Waals surface area contributed by atoms with Crippen molar-refractivity contribution in [1.82, 2.24) is 9.78 Å². The highest BCUT2D eigenvalue weighted by Crippen LogP contribution is 2.19. The predicted molar refractivity (Wildman–Crippen MR) is 90.2 cm³/mol. The number of aromatic nitrogens is 2. The number of anilines is 1. The van der Waals surface area contributed by atoms with E-state index in [1.54, 1.807) is 10.7 Å². The highest BCUT2D eigenvalue weighted by molar-refractivity contribution is 9.10.